The number of hydrogen-bond donors (Lipinski definition) is 0. The molecule has 0 atom stereocenters. The van der Waals surface area contributed by atoms with Crippen LogP contribution in [-0.4, -0.2) is 43.3 Å². The number of aryl methyl sites for hydroxylation is 2. The molecule has 1 fully saturated rings. The molecule has 2 aromatic carbocycles. The molecule has 0 N–H and O–H groups in total. The van der Waals surface area contributed by atoms with Crippen molar-refractivity contribution in [2.75, 3.05) is 31.1 Å². The van der Waals surface area contributed by atoms with E-state index in [0.29, 0.717) is 13.1 Å². The van der Waals surface area contributed by atoms with Crippen molar-refractivity contribution in [1.29, 1.82) is 0 Å². The molecule has 4 nitrogen and oxygen atoms in total. The molecule has 0 unspecified atom stereocenters. The van der Waals surface area contributed by atoms with Crippen molar-refractivity contribution in [2.24, 2.45) is 0 Å². The number of carbonyl (C=O) groups excluding carboxylic acids is 2. The molecule has 2 aromatic rings. The fraction of sp³-hybridized carbons (Fsp3) is 0.300. The van der Waals surface area contributed by atoms with Gasteiger partial charge >= 0.3 is 0 Å². The van der Waals surface area contributed by atoms with Gasteiger partial charge in [-0.15, -0.1) is 0 Å². The van der Waals surface area contributed by atoms with Crippen molar-refractivity contribution < 1.29 is 9.59 Å². The highest BCUT2D eigenvalue weighted by molar-refractivity contribution is 5.94. The van der Waals surface area contributed by atoms with Crippen LogP contribution in [0.1, 0.15) is 31.8 Å². The summed E-state index contributed by atoms with van der Waals surface area (Å²) in [5, 5.41) is 0. The Morgan fingerprint density at radius 2 is 1.62 bits per heavy atom. The largest absolute Gasteiger partial charge is 0.368 e. The quantitative estimate of drug-likeness (QED) is 0.816. The Morgan fingerprint density at radius 3 is 2.25 bits per heavy atom. The Labute approximate surface area is 142 Å². The highest BCUT2D eigenvalue weighted by Crippen LogP contribution is 2.25. The van der Waals surface area contributed by atoms with Gasteiger partial charge in [0.2, 0.25) is 0 Å². The Balaban J connectivity index is 1.70. The van der Waals surface area contributed by atoms with Crippen LogP contribution in [0.25, 0.3) is 0 Å². The van der Waals surface area contributed by atoms with E-state index in [1.807, 2.05) is 55.1 Å². The van der Waals surface area contributed by atoms with Crippen molar-refractivity contribution in [1.82, 2.24) is 4.90 Å². The van der Waals surface area contributed by atoms with Crippen LogP contribution < -0.4 is 4.90 Å². The summed E-state index contributed by atoms with van der Waals surface area (Å²) >= 11 is 0. The average molecular weight is 322 g/mol. The number of anilines is 1. The van der Waals surface area contributed by atoms with Crippen LogP contribution in [0.15, 0.2) is 42.5 Å². The Kier molecular flexibility index (Phi) is 4.65. The lowest BCUT2D eigenvalue weighted by atomic mass is 10.0. The standard InChI is InChI=1S/C20H22N2O2/c1-15-13-19(16(2)12-18(15)14-23)21-8-10-22(11-9-21)20(24)17-6-4-3-5-7-17/h3-7,12-14H,8-11H2,1-2H3. The Morgan fingerprint density at radius 1 is 0.958 bits per heavy atom. The Bertz CT molecular complexity index is 748. The molecule has 24 heavy (non-hydrogen) atoms. The van der Waals surface area contributed by atoms with Crippen molar-refractivity contribution in [3.05, 3.63) is 64.7 Å². The molecule has 1 saturated heterocycles. The minimum Gasteiger partial charge on any atom is -0.368 e. The van der Waals surface area contributed by atoms with Gasteiger partial charge in [0.1, 0.15) is 6.29 Å². The van der Waals surface area contributed by atoms with Gasteiger partial charge in [0.05, 0.1) is 0 Å². The molecule has 1 aliphatic rings. The highest BCUT2D eigenvalue weighted by atomic mass is 16.2. The number of nitrogens with zero attached hydrogens (tertiary/aromatic N) is 2. The monoisotopic (exact) mass is 322 g/mol. The zero-order valence-corrected chi connectivity index (χ0v) is 14.2. The highest BCUT2D eigenvalue weighted by Gasteiger charge is 2.23. The van der Waals surface area contributed by atoms with Gasteiger partial charge in [-0.25, -0.2) is 0 Å². The molecule has 0 saturated carbocycles. The van der Waals surface area contributed by atoms with Crippen LogP contribution in [0.5, 0.6) is 0 Å². The maximum Gasteiger partial charge on any atom is 0.253 e. The molecular weight excluding hydrogens is 300 g/mol. The van der Waals surface area contributed by atoms with Crippen LogP contribution in [0, 0.1) is 13.8 Å². The predicted molar refractivity (Wildman–Crippen MR) is 95.9 cm³/mol. The molecule has 0 bridgehead atoms. The molecule has 3 rings (SSSR count). The molecule has 1 amide bonds. The Hall–Kier alpha value is -2.62. The second-order valence-corrected chi connectivity index (χ2v) is 6.26. The van der Waals surface area contributed by atoms with Crippen LogP contribution in [0.2, 0.25) is 0 Å². The van der Waals surface area contributed by atoms with E-state index in [1.54, 1.807) is 0 Å². The van der Waals surface area contributed by atoms with Crippen LogP contribution in [0.4, 0.5) is 5.69 Å². The van der Waals surface area contributed by atoms with Crippen molar-refractivity contribution in [3.63, 3.8) is 0 Å². The summed E-state index contributed by atoms with van der Waals surface area (Å²) < 4.78 is 0. The molecule has 1 heterocycles. The number of hydrogen-bond acceptors (Lipinski definition) is 3. The van der Waals surface area contributed by atoms with E-state index >= 15 is 0 Å². The average Bonchev–Trinajstić information content (AvgIpc) is 2.63. The SMILES string of the molecule is Cc1cc(N2CCN(C(=O)c3ccccc3)CC2)c(C)cc1C=O. The van der Waals surface area contributed by atoms with Crippen LogP contribution in [-0.2, 0) is 0 Å². The summed E-state index contributed by atoms with van der Waals surface area (Å²) in [5.74, 6) is 0.0967. The zero-order valence-electron chi connectivity index (χ0n) is 14.2. The molecular formula is C20H22N2O2. The lowest BCUT2D eigenvalue weighted by Gasteiger charge is -2.37. The van der Waals surface area contributed by atoms with E-state index in [1.165, 1.54) is 0 Å². The fourth-order valence-corrected chi connectivity index (χ4v) is 3.20. The number of carbonyl (C=O) groups is 2. The first-order valence-corrected chi connectivity index (χ1v) is 8.26. The predicted octanol–water partition coefficient (Wildman–Crippen LogP) is 3.08. The first-order valence-electron chi connectivity index (χ1n) is 8.26. The number of rotatable bonds is 3. The molecule has 0 radical (unpaired) electrons. The number of amides is 1. The van der Waals surface area contributed by atoms with Crippen molar-refractivity contribution >= 4 is 17.9 Å². The summed E-state index contributed by atoms with van der Waals surface area (Å²) in [6.07, 6.45) is 0.905. The topological polar surface area (TPSA) is 40.6 Å². The lowest BCUT2D eigenvalue weighted by molar-refractivity contribution is 0.0746. The van der Waals surface area contributed by atoms with Gasteiger partial charge in [0, 0.05) is 43.0 Å². The summed E-state index contributed by atoms with van der Waals surface area (Å²) in [4.78, 5) is 27.8. The van der Waals surface area contributed by atoms with Crippen molar-refractivity contribution in [2.45, 2.75) is 13.8 Å². The number of benzene rings is 2. The summed E-state index contributed by atoms with van der Waals surface area (Å²) in [7, 11) is 0. The van der Waals surface area contributed by atoms with E-state index in [4.69, 9.17) is 0 Å². The van der Waals surface area contributed by atoms with Crippen LogP contribution >= 0.6 is 0 Å². The second kappa shape index (κ2) is 6.87. The van der Waals surface area contributed by atoms with E-state index in [9.17, 15) is 9.59 Å². The third-order valence-electron chi connectivity index (χ3n) is 4.64. The van der Waals surface area contributed by atoms with Gasteiger partial charge in [-0.1, -0.05) is 18.2 Å². The van der Waals surface area contributed by atoms with Gasteiger partial charge in [-0.2, -0.15) is 0 Å². The maximum atomic E-state index is 12.5. The van der Waals surface area contributed by atoms with E-state index < -0.39 is 0 Å². The van der Waals surface area contributed by atoms with Gasteiger partial charge < -0.3 is 9.80 Å². The van der Waals surface area contributed by atoms with Gasteiger partial charge in [-0.05, 0) is 49.2 Å². The van der Waals surface area contributed by atoms with Gasteiger partial charge in [0.15, 0.2) is 0 Å². The van der Waals surface area contributed by atoms with E-state index in [-0.39, 0.29) is 5.91 Å². The maximum absolute atomic E-state index is 12.5. The van der Waals surface area contributed by atoms with Gasteiger partial charge in [0.25, 0.3) is 5.91 Å². The lowest BCUT2D eigenvalue weighted by Crippen LogP contribution is -2.49. The smallest absolute Gasteiger partial charge is 0.253 e. The first kappa shape index (κ1) is 16.2. The molecule has 0 aromatic heterocycles. The number of aldehydes is 1. The molecule has 1 aliphatic heterocycles. The molecule has 0 spiro atoms. The third-order valence-corrected chi connectivity index (χ3v) is 4.64. The summed E-state index contributed by atoms with van der Waals surface area (Å²) in [5.41, 5.74) is 4.74. The van der Waals surface area contributed by atoms with Gasteiger partial charge in [-0.3, -0.25) is 9.59 Å². The number of piperazine rings is 1. The normalized spacial score (nSPS) is 14.6. The fourth-order valence-electron chi connectivity index (χ4n) is 3.20. The molecule has 0 aliphatic carbocycles. The minimum absolute atomic E-state index is 0.0967. The first-order chi connectivity index (χ1) is 11.6. The van der Waals surface area contributed by atoms with E-state index in [0.717, 1.165) is 47.3 Å². The summed E-state index contributed by atoms with van der Waals surface area (Å²) in [6, 6.07) is 13.4. The van der Waals surface area contributed by atoms with E-state index in [2.05, 4.69) is 11.0 Å². The molecule has 4 heteroatoms. The zero-order chi connectivity index (χ0) is 17.1. The molecule has 124 valence electrons. The second-order valence-electron chi connectivity index (χ2n) is 6.26. The summed E-state index contributed by atoms with van der Waals surface area (Å²) in [6.45, 7) is 7.02. The van der Waals surface area contributed by atoms with Crippen LogP contribution in [0.3, 0.4) is 0 Å². The third kappa shape index (κ3) is 3.18. The van der Waals surface area contributed by atoms with Crippen molar-refractivity contribution in [3.8, 4) is 0 Å². The minimum atomic E-state index is 0.0967.